The van der Waals surface area contributed by atoms with E-state index in [9.17, 15) is 33.9 Å². The molecule has 0 fully saturated rings. The molecule has 16 heteroatoms. The Morgan fingerprint density at radius 1 is 0.674 bits per heavy atom. The normalized spacial score (nSPS) is 11.7. The zero-order valence-corrected chi connectivity index (χ0v) is 26.0. The highest BCUT2D eigenvalue weighted by Gasteiger charge is 2.41. The number of aliphatic carboxylic acids is 1. The van der Waals surface area contributed by atoms with E-state index in [2.05, 4.69) is 5.32 Å². The van der Waals surface area contributed by atoms with E-state index < -0.39 is 48.0 Å². The number of hydrogen-bond acceptors (Lipinski definition) is 12. The van der Waals surface area contributed by atoms with Gasteiger partial charge in [0, 0.05) is 18.9 Å². The first kappa shape index (κ1) is 35.1. The van der Waals surface area contributed by atoms with Crippen LogP contribution in [0.3, 0.4) is 0 Å². The smallest absolute Gasteiger partial charge is 0.349 e. The van der Waals surface area contributed by atoms with Gasteiger partial charge in [-0.05, 0) is 54.6 Å². The molecule has 0 radical (unpaired) electrons. The van der Waals surface area contributed by atoms with Crippen molar-refractivity contribution >= 4 is 64.6 Å². The van der Waals surface area contributed by atoms with E-state index >= 15 is 0 Å². The molecule has 46 heavy (non-hydrogen) atoms. The van der Waals surface area contributed by atoms with Crippen LogP contribution in [0.25, 0.3) is 0 Å². The summed E-state index contributed by atoms with van der Waals surface area (Å²) in [6.07, 6.45) is -4.72. The molecule has 2 atom stereocenters. The number of anilines is 1. The van der Waals surface area contributed by atoms with Crippen molar-refractivity contribution < 1.29 is 62.3 Å². The third-order valence-electron chi connectivity index (χ3n) is 5.74. The van der Waals surface area contributed by atoms with Crippen molar-refractivity contribution in [2.75, 3.05) is 19.5 Å². The third-order valence-corrected chi connectivity index (χ3v) is 6.29. The summed E-state index contributed by atoms with van der Waals surface area (Å²) < 4.78 is 30.7. The topological polar surface area (TPSA) is 190 Å². The van der Waals surface area contributed by atoms with Crippen LogP contribution in [0.1, 0.15) is 34.6 Å². The Hall–Kier alpha value is -5.34. The van der Waals surface area contributed by atoms with Crippen LogP contribution >= 0.6 is 23.2 Å². The predicted octanol–water partition coefficient (Wildman–Crippen LogP) is 4.34. The minimum Gasteiger partial charge on any atom is -0.493 e. The first-order valence-corrected chi connectivity index (χ1v) is 13.6. The Kier molecular flexibility index (Phi) is 11.9. The number of carboxylic acid groups (broad SMARTS) is 1. The second-order valence-electron chi connectivity index (χ2n) is 9.02. The molecule has 3 aromatic rings. The molecule has 1 amide bonds. The molecule has 2 N–H and O–H groups in total. The van der Waals surface area contributed by atoms with E-state index in [4.69, 9.17) is 51.6 Å². The lowest BCUT2D eigenvalue weighted by Gasteiger charge is -2.24. The number of carbonyl (C=O) groups is 6. The standard InChI is InChI=1S/C30H25Cl2NO13/c1-14(34)43-21-9-5-16(11-23(21)41-3)29(39)45-25(27(36)33-20-8-7-18(31)13-19(20)32)26(28(37)38)46-30(40)17-6-10-22(44-15(2)35)24(12-17)42-4/h5-13,25-26H,1-4H3,(H,33,36)(H,37,38)/t25-,26-/m0/s1. The summed E-state index contributed by atoms with van der Waals surface area (Å²) in [6.45, 7) is 2.29. The minimum absolute atomic E-state index is 0.0363. The highest BCUT2D eigenvalue weighted by molar-refractivity contribution is 6.36. The number of carbonyl (C=O) groups excluding carboxylic acids is 5. The van der Waals surface area contributed by atoms with E-state index in [1.54, 1.807) is 0 Å². The number of carboxylic acids is 1. The molecule has 0 saturated heterocycles. The van der Waals surface area contributed by atoms with Gasteiger partial charge in [-0.1, -0.05) is 23.2 Å². The average molecular weight is 678 g/mol. The van der Waals surface area contributed by atoms with Gasteiger partial charge in [0.2, 0.25) is 12.2 Å². The fourth-order valence-electron chi connectivity index (χ4n) is 3.72. The fourth-order valence-corrected chi connectivity index (χ4v) is 4.18. The molecular formula is C30H25Cl2NO13. The lowest BCUT2D eigenvalue weighted by atomic mass is 10.1. The number of halogens is 2. The van der Waals surface area contributed by atoms with Gasteiger partial charge in [-0.15, -0.1) is 0 Å². The molecule has 0 aromatic heterocycles. The quantitative estimate of drug-likeness (QED) is 0.204. The second kappa shape index (κ2) is 15.6. The van der Waals surface area contributed by atoms with Crippen LogP contribution in [0, 0.1) is 0 Å². The molecule has 0 heterocycles. The number of benzene rings is 3. The number of esters is 4. The molecule has 14 nitrogen and oxygen atoms in total. The molecule has 3 rings (SSSR count). The van der Waals surface area contributed by atoms with Crippen LogP contribution in [-0.2, 0) is 28.7 Å². The van der Waals surface area contributed by atoms with Gasteiger partial charge in [0.1, 0.15) is 0 Å². The highest BCUT2D eigenvalue weighted by atomic mass is 35.5. The highest BCUT2D eigenvalue weighted by Crippen LogP contribution is 2.31. The van der Waals surface area contributed by atoms with Crippen molar-refractivity contribution in [3.8, 4) is 23.0 Å². The summed E-state index contributed by atoms with van der Waals surface area (Å²) in [5, 5.41) is 12.5. The van der Waals surface area contributed by atoms with Crippen molar-refractivity contribution in [2.24, 2.45) is 0 Å². The number of hydrogen-bond donors (Lipinski definition) is 2. The summed E-state index contributed by atoms with van der Waals surface area (Å²) in [7, 11) is 2.46. The molecular weight excluding hydrogens is 653 g/mol. The first-order chi connectivity index (χ1) is 21.7. The first-order valence-electron chi connectivity index (χ1n) is 12.9. The van der Waals surface area contributed by atoms with Gasteiger partial charge in [0.15, 0.2) is 23.0 Å². The van der Waals surface area contributed by atoms with Gasteiger partial charge in [0.05, 0.1) is 36.1 Å². The minimum atomic E-state index is -2.41. The molecule has 0 spiro atoms. The predicted molar refractivity (Wildman–Crippen MR) is 160 cm³/mol. The van der Waals surface area contributed by atoms with Crippen molar-refractivity contribution in [1.29, 1.82) is 0 Å². The maximum absolute atomic E-state index is 13.4. The molecule has 0 aliphatic rings. The Bertz CT molecular complexity index is 1690. The lowest BCUT2D eigenvalue weighted by Crippen LogP contribution is -2.48. The maximum atomic E-state index is 13.4. The summed E-state index contributed by atoms with van der Waals surface area (Å²) in [5.41, 5.74) is -0.557. The van der Waals surface area contributed by atoms with Gasteiger partial charge >= 0.3 is 29.8 Å². The number of ether oxygens (including phenoxy) is 6. The van der Waals surface area contributed by atoms with E-state index in [0.29, 0.717) is 0 Å². The van der Waals surface area contributed by atoms with E-state index in [1.807, 2.05) is 0 Å². The molecule has 242 valence electrons. The number of amides is 1. The molecule has 0 unspecified atom stereocenters. The van der Waals surface area contributed by atoms with E-state index in [0.717, 1.165) is 38.1 Å². The van der Waals surface area contributed by atoms with Crippen molar-refractivity contribution in [2.45, 2.75) is 26.1 Å². The van der Waals surface area contributed by atoms with Gasteiger partial charge in [-0.25, -0.2) is 14.4 Å². The molecule has 0 aliphatic carbocycles. The Balaban J connectivity index is 1.99. The number of nitrogens with one attached hydrogen (secondary N) is 1. The zero-order chi connectivity index (χ0) is 34.1. The van der Waals surface area contributed by atoms with Crippen LogP contribution in [-0.4, -0.2) is 67.3 Å². The molecule has 0 bridgehead atoms. The summed E-state index contributed by atoms with van der Waals surface area (Å²) in [5.74, 6) is -7.18. The number of rotatable bonds is 12. The van der Waals surface area contributed by atoms with Crippen molar-refractivity contribution in [3.05, 3.63) is 75.8 Å². The van der Waals surface area contributed by atoms with Gasteiger partial charge < -0.3 is 38.8 Å². The number of methoxy groups -OCH3 is 2. The Morgan fingerprint density at radius 3 is 1.57 bits per heavy atom. The third kappa shape index (κ3) is 9.09. The SMILES string of the molecule is COc1cc(C(=O)O[C@H](C(=O)O)[C@H](OC(=O)c2ccc(OC(C)=O)c(OC)c2)C(=O)Nc2ccc(Cl)cc2Cl)ccc1OC(C)=O. The van der Waals surface area contributed by atoms with Crippen molar-refractivity contribution in [3.63, 3.8) is 0 Å². The van der Waals surface area contributed by atoms with E-state index in [1.165, 1.54) is 44.6 Å². The monoisotopic (exact) mass is 677 g/mol. The van der Waals surface area contributed by atoms with Gasteiger partial charge in [-0.3, -0.25) is 14.4 Å². The summed E-state index contributed by atoms with van der Waals surface area (Å²) >= 11 is 12.0. The maximum Gasteiger partial charge on any atom is 0.349 e. The van der Waals surface area contributed by atoms with Gasteiger partial charge in [0.25, 0.3) is 5.91 Å². The molecule has 0 saturated carbocycles. The van der Waals surface area contributed by atoms with Crippen LogP contribution in [0.15, 0.2) is 54.6 Å². The lowest BCUT2D eigenvalue weighted by molar-refractivity contribution is -0.157. The van der Waals surface area contributed by atoms with Crippen LogP contribution < -0.4 is 24.3 Å². The summed E-state index contributed by atoms with van der Waals surface area (Å²) in [6, 6.07) is 10.9. The van der Waals surface area contributed by atoms with E-state index in [-0.39, 0.29) is 49.9 Å². The van der Waals surface area contributed by atoms with Gasteiger partial charge in [-0.2, -0.15) is 0 Å². The molecule has 3 aromatic carbocycles. The largest absolute Gasteiger partial charge is 0.493 e. The Labute approximate surface area is 271 Å². The van der Waals surface area contributed by atoms with Crippen LogP contribution in [0.2, 0.25) is 10.0 Å². The Morgan fingerprint density at radius 2 is 1.15 bits per heavy atom. The van der Waals surface area contributed by atoms with Crippen LogP contribution in [0.5, 0.6) is 23.0 Å². The van der Waals surface area contributed by atoms with Crippen LogP contribution in [0.4, 0.5) is 5.69 Å². The zero-order valence-electron chi connectivity index (χ0n) is 24.5. The second-order valence-corrected chi connectivity index (χ2v) is 9.87. The fraction of sp³-hybridized carbons (Fsp3) is 0.200. The molecule has 0 aliphatic heterocycles. The summed E-state index contributed by atoms with van der Waals surface area (Å²) in [4.78, 5) is 74.9. The average Bonchev–Trinajstić information content (AvgIpc) is 2.99. The van der Waals surface area contributed by atoms with Crippen molar-refractivity contribution in [1.82, 2.24) is 0 Å².